The van der Waals surface area contributed by atoms with Gasteiger partial charge in [0.1, 0.15) is 5.25 Å². The summed E-state index contributed by atoms with van der Waals surface area (Å²) in [5, 5.41) is 4.38. The largest absolute Gasteiger partial charge is 0.417 e. The molecule has 1 heterocycles. The van der Waals surface area contributed by atoms with Gasteiger partial charge in [-0.2, -0.15) is 13.2 Å². The fourth-order valence-electron chi connectivity index (χ4n) is 2.17. The lowest BCUT2D eigenvalue weighted by molar-refractivity contribution is -0.137. The molecule has 1 aliphatic heterocycles. The fourth-order valence-corrected chi connectivity index (χ4v) is 3.44. The van der Waals surface area contributed by atoms with Crippen molar-refractivity contribution in [3.63, 3.8) is 0 Å². The molecule has 5 nitrogen and oxygen atoms in total. The molecule has 2 fully saturated rings. The van der Waals surface area contributed by atoms with Gasteiger partial charge >= 0.3 is 6.18 Å². The number of amides is 2. The lowest BCUT2D eigenvalue weighted by Gasteiger charge is -2.12. The number of halogens is 4. The molecular formula is C15H13ClF3N3O2S. The van der Waals surface area contributed by atoms with E-state index in [-0.39, 0.29) is 24.1 Å². The monoisotopic (exact) mass is 391 g/mol. The lowest BCUT2D eigenvalue weighted by Crippen LogP contribution is -2.28. The van der Waals surface area contributed by atoms with Crippen LogP contribution in [0.1, 0.15) is 24.8 Å². The molecule has 1 atom stereocenters. The summed E-state index contributed by atoms with van der Waals surface area (Å²) in [5.41, 5.74) is -1.06. The molecule has 2 N–H and O–H groups in total. The standard InChI is InChI=1S/C15H13ClF3N3O2S/c16-10-4-3-8(5-9(10)15(17,18)19)20-12(23)6-11-13(24)22-14(25-11)21-7-1-2-7/h3-5,7,11H,1-2,6H2,(H,20,23)(H,21,22,24)/t11-/m0/s1. The molecule has 1 aromatic carbocycles. The minimum Gasteiger partial charge on any atom is -0.326 e. The third kappa shape index (κ3) is 4.66. The van der Waals surface area contributed by atoms with E-state index in [0.29, 0.717) is 5.17 Å². The van der Waals surface area contributed by atoms with Crippen molar-refractivity contribution in [2.75, 3.05) is 5.32 Å². The number of carbonyl (C=O) groups excluding carboxylic acids is 2. The van der Waals surface area contributed by atoms with E-state index in [9.17, 15) is 22.8 Å². The predicted molar refractivity (Wildman–Crippen MR) is 89.7 cm³/mol. The molecule has 134 valence electrons. The van der Waals surface area contributed by atoms with Gasteiger partial charge in [0.25, 0.3) is 0 Å². The van der Waals surface area contributed by atoms with Gasteiger partial charge in [0.05, 0.1) is 16.6 Å². The average Bonchev–Trinajstić information content (AvgIpc) is 3.24. The lowest BCUT2D eigenvalue weighted by atomic mass is 10.2. The summed E-state index contributed by atoms with van der Waals surface area (Å²) in [6.07, 6.45) is -2.80. The van der Waals surface area contributed by atoms with Crippen molar-refractivity contribution in [3.8, 4) is 0 Å². The number of carbonyl (C=O) groups is 2. The summed E-state index contributed by atoms with van der Waals surface area (Å²) in [7, 11) is 0. The van der Waals surface area contributed by atoms with Gasteiger partial charge in [-0.25, -0.2) is 0 Å². The summed E-state index contributed by atoms with van der Waals surface area (Å²) in [6, 6.07) is 3.35. The van der Waals surface area contributed by atoms with Crippen LogP contribution in [0.15, 0.2) is 23.2 Å². The molecule has 0 spiro atoms. The Bertz CT molecular complexity index is 750. The van der Waals surface area contributed by atoms with Crippen LogP contribution in [-0.4, -0.2) is 28.3 Å². The molecule has 2 amide bonds. The minimum absolute atomic E-state index is 0.0306. The molecule has 1 saturated carbocycles. The van der Waals surface area contributed by atoms with E-state index in [1.54, 1.807) is 0 Å². The minimum atomic E-state index is -4.62. The van der Waals surface area contributed by atoms with Crippen molar-refractivity contribution < 1.29 is 22.8 Å². The number of anilines is 1. The van der Waals surface area contributed by atoms with Crippen molar-refractivity contribution in [2.24, 2.45) is 4.99 Å². The van der Waals surface area contributed by atoms with Crippen molar-refractivity contribution in [1.82, 2.24) is 5.32 Å². The number of thioether (sulfide) groups is 1. The first-order valence-corrected chi connectivity index (χ1v) is 8.70. The third-order valence-corrected chi connectivity index (χ3v) is 4.98. The summed E-state index contributed by atoms with van der Waals surface area (Å²) in [5.74, 6) is -0.887. The first-order chi connectivity index (χ1) is 11.7. The van der Waals surface area contributed by atoms with Gasteiger partial charge in [-0.15, -0.1) is 0 Å². The van der Waals surface area contributed by atoms with Crippen LogP contribution in [0.2, 0.25) is 5.02 Å². The van der Waals surface area contributed by atoms with E-state index >= 15 is 0 Å². The summed E-state index contributed by atoms with van der Waals surface area (Å²) >= 11 is 6.70. The smallest absolute Gasteiger partial charge is 0.326 e. The van der Waals surface area contributed by atoms with E-state index in [4.69, 9.17) is 11.6 Å². The summed E-state index contributed by atoms with van der Waals surface area (Å²) < 4.78 is 38.5. The number of nitrogens with zero attached hydrogens (tertiary/aromatic N) is 1. The second kappa shape index (κ2) is 6.87. The summed E-state index contributed by atoms with van der Waals surface area (Å²) in [6.45, 7) is 0. The zero-order valence-corrected chi connectivity index (χ0v) is 14.3. The second-order valence-electron chi connectivity index (χ2n) is 5.71. The maximum absolute atomic E-state index is 12.8. The molecule has 10 heteroatoms. The van der Waals surface area contributed by atoms with Crippen LogP contribution >= 0.6 is 23.4 Å². The highest BCUT2D eigenvalue weighted by Crippen LogP contribution is 2.36. The number of alkyl halides is 3. The molecule has 1 saturated heterocycles. The number of nitrogens with one attached hydrogen (secondary N) is 2. The van der Waals surface area contributed by atoms with Crippen LogP contribution in [0, 0.1) is 0 Å². The zero-order valence-electron chi connectivity index (χ0n) is 12.7. The number of hydrogen-bond donors (Lipinski definition) is 2. The van der Waals surface area contributed by atoms with Gasteiger partial charge in [-0.1, -0.05) is 23.4 Å². The molecule has 3 rings (SSSR count). The highest BCUT2D eigenvalue weighted by atomic mass is 35.5. The molecule has 1 aliphatic carbocycles. The molecular weight excluding hydrogens is 379 g/mol. The Morgan fingerprint density at radius 3 is 2.76 bits per heavy atom. The highest BCUT2D eigenvalue weighted by molar-refractivity contribution is 8.15. The Balaban J connectivity index is 1.62. The maximum atomic E-state index is 12.8. The van der Waals surface area contributed by atoms with E-state index in [1.807, 2.05) is 0 Å². The van der Waals surface area contributed by atoms with Crippen LogP contribution < -0.4 is 10.6 Å². The van der Waals surface area contributed by atoms with Crippen LogP contribution in [0.3, 0.4) is 0 Å². The van der Waals surface area contributed by atoms with E-state index in [1.165, 1.54) is 6.07 Å². The van der Waals surface area contributed by atoms with Crippen LogP contribution in [-0.2, 0) is 15.8 Å². The van der Waals surface area contributed by atoms with Gasteiger partial charge in [0, 0.05) is 12.1 Å². The van der Waals surface area contributed by atoms with Crippen LogP contribution in [0.5, 0.6) is 0 Å². The van der Waals surface area contributed by atoms with Crippen LogP contribution in [0.25, 0.3) is 0 Å². The fraction of sp³-hybridized carbons (Fsp3) is 0.400. The Kier molecular flexibility index (Phi) is 4.97. The van der Waals surface area contributed by atoms with E-state index in [2.05, 4.69) is 15.6 Å². The number of benzene rings is 1. The molecule has 0 aromatic heterocycles. The van der Waals surface area contributed by atoms with Crippen molar-refractivity contribution in [3.05, 3.63) is 28.8 Å². The van der Waals surface area contributed by atoms with Crippen LogP contribution in [0.4, 0.5) is 18.9 Å². The average molecular weight is 392 g/mol. The van der Waals surface area contributed by atoms with E-state index < -0.39 is 27.9 Å². The van der Waals surface area contributed by atoms with Gasteiger partial charge in [-0.05, 0) is 31.0 Å². The number of aliphatic imine (C=N–C) groups is 1. The third-order valence-electron chi connectivity index (χ3n) is 3.55. The SMILES string of the molecule is O=C(C[C@@H]1SC(=NC2CC2)NC1=O)Nc1ccc(Cl)c(C(F)(F)F)c1. The Morgan fingerprint density at radius 2 is 2.12 bits per heavy atom. The molecule has 2 aliphatic rings. The van der Waals surface area contributed by atoms with Crippen molar-refractivity contribution in [2.45, 2.75) is 36.7 Å². The first-order valence-electron chi connectivity index (χ1n) is 7.44. The Labute approximate surface area is 150 Å². The van der Waals surface area contributed by atoms with E-state index in [0.717, 1.165) is 36.7 Å². The highest BCUT2D eigenvalue weighted by Gasteiger charge is 2.35. The second-order valence-corrected chi connectivity index (χ2v) is 7.30. The maximum Gasteiger partial charge on any atom is 0.417 e. The number of amidine groups is 1. The Hall–Kier alpha value is -1.74. The van der Waals surface area contributed by atoms with Crippen molar-refractivity contribution in [1.29, 1.82) is 0 Å². The van der Waals surface area contributed by atoms with Gasteiger partial charge in [0.2, 0.25) is 11.8 Å². The normalized spacial score (nSPS) is 22.2. The number of rotatable bonds is 4. The summed E-state index contributed by atoms with van der Waals surface area (Å²) in [4.78, 5) is 28.2. The molecule has 0 unspecified atom stereocenters. The Morgan fingerprint density at radius 1 is 1.40 bits per heavy atom. The molecule has 1 aromatic rings. The van der Waals surface area contributed by atoms with Gasteiger partial charge in [0.15, 0.2) is 5.17 Å². The molecule has 0 bridgehead atoms. The number of hydrogen-bond acceptors (Lipinski definition) is 4. The zero-order chi connectivity index (χ0) is 18.2. The molecule has 0 radical (unpaired) electrons. The topological polar surface area (TPSA) is 70.6 Å². The first kappa shape index (κ1) is 18.1. The van der Waals surface area contributed by atoms with Gasteiger partial charge < -0.3 is 10.6 Å². The predicted octanol–water partition coefficient (Wildman–Crippen LogP) is 3.44. The van der Waals surface area contributed by atoms with Crippen molar-refractivity contribution >= 4 is 46.0 Å². The van der Waals surface area contributed by atoms with Gasteiger partial charge in [-0.3, -0.25) is 14.6 Å². The quantitative estimate of drug-likeness (QED) is 0.826. The molecule has 25 heavy (non-hydrogen) atoms.